The smallest absolute Gasteiger partial charge is 0.341 e. The zero-order valence-electron chi connectivity index (χ0n) is 11.4. The molecule has 0 N–H and O–H groups in total. The molecule has 0 spiro atoms. The second-order valence-electron chi connectivity index (χ2n) is 5.31. The molecule has 3 atom stereocenters. The number of fused-ring (bicyclic) bond motifs is 2. The summed E-state index contributed by atoms with van der Waals surface area (Å²) in [6.45, 7) is 8.09. The molecule has 0 saturated heterocycles. The number of rotatable bonds is 7. The molecule has 3 unspecified atom stereocenters. The molecule has 3 heteroatoms. The van der Waals surface area contributed by atoms with Gasteiger partial charge in [-0.3, -0.25) is 0 Å². The molecule has 2 bridgehead atoms. The Kier molecular flexibility index (Phi) is 4.45. The SMILES string of the molecule is CCC[Si](OCC)(OCC)C1CC2C=CC1C2. The summed E-state index contributed by atoms with van der Waals surface area (Å²) in [7, 11) is -1.97. The quantitative estimate of drug-likeness (QED) is 0.507. The molecular formula is C14H26O2Si. The molecule has 0 aromatic carbocycles. The third-order valence-electron chi connectivity index (χ3n) is 4.22. The van der Waals surface area contributed by atoms with Crippen molar-refractivity contribution >= 4 is 8.56 Å². The third-order valence-corrected chi connectivity index (χ3v) is 8.76. The van der Waals surface area contributed by atoms with Crippen LogP contribution in [0.15, 0.2) is 12.2 Å². The van der Waals surface area contributed by atoms with E-state index in [-0.39, 0.29) is 0 Å². The van der Waals surface area contributed by atoms with Crippen molar-refractivity contribution in [3.63, 3.8) is 0 Å². The van der Waals surface area contributed by atoms with Gasteiger partial charge in [-0.25, -0.2) is 0 Å². The van der Waals surface area contributed by atoms with Crippen molar-refractivity contribution < 1.29 is 8.85 Å². The first-order valence-electron chi connectivity index (χ1n) is 7.22. The van der Waals surface area contributed by atoms with Crippen LogP contribution in [0.4, 0.5) is 0 Å². The van der Waals surface area contributed by atoms with Crippen LogP contribution in [-0.4, -0.2) is 21.8 Å². The van der Waals surface area contributed by atoms with E-state index in [9.17, 15) is 0 Å². The maximum atomic E-state index is 6.23. The van der Waals surface area contributed by atoms with Gasteiger partial charge < -0.3 is 8.85 Å². The van der Waals surface area contributed by atoms with Crippen LogP contribution in [0.25, 0.3) is 0 Å². The van der Waals surface area contributed by atoms with Crippen LogP contribution in [0.3, 0.4) is 0 Å². The molecule has 2 rings (SSSR count). The first kappa shape index (κ1) is 13.3. The van der Waals surface area contributed by atoms with Gasteiger partial charge in [0.25, 0.3) is 0 Å². The lowest BCUT2D eigenvalue weighted by molar-refractivity contribution is 0.167. The fraction of sp³-hybridized carbons (Fsp3) is 0.857. The van der Waals surface area contributed by atoms with Crippen LogP contribution in [-0.2, 0) is 8.85 Å². The Bertz CT molecular complexity index is 260. The summed E-state index contributed by atoms with van der Waals surface area (Å²) in [6, 6.07) is 1.16. The topological polar surface area (TPSA) is 18.5 Å². The van der Waals surface area contributed by atoms with Crippen molar-refractivity contribution in [3.8, 4) is 0 Å². The minimum absolute atomic E-state index is 0.706. The van der Waals surface area contributed by atoms with E-state index in [1.807, 2.05) is 0 Å². The second kappa shape index (κ2) is 5.68. The number of hydrogen-bond acceptors (Lipinski definition) is 2. The van der Waals surface area contributed by atoms with E-state index in [1.165, 1.54) is 19.3 Å². The van der Waals surface area contributed by atoms with Crippen LogP contribution in [0.1, 0.15) is 40.0 Å². The summed E-state index contributed by atoms with van der Waals surface area (Å²) < 4.78 is 12.5. The molecule has 98 valence electrons. The lowest BCUT2D eigenvalue weighted by atomic mass is 10.1. The summed E-state index contributed by atoms with van der Waals surface area (Å²) in [5.41, 5.74) is 0.706. The molecule has 0 amide bonds. The van der Waals surface area contributed by atoms with Gasteiger partial charge in [0, 0.05) is 18.8 Å². The van der Waals surface area contributed by atoms with Crippen molar-refractivity contribution in [1.82, 2.24) is 0 Å². The van der Waals surface area contributed by atoms with Crippen molar-refractivity contribution in [2.24, 2.45) is 11.8 Å². The van der Waals surface area contributed by atoms with E-state index in [2.05, 4.69) is 32.9 Å². The largest absolute Gasteiger partial charge is 0.394 e. The zero-order valence-corrected chi connectivity index (χ0v) is 12.4. The normalized spacial score (nSPS) is 31.4. The van der Waals surface area contributed by atoms with Crippen LogP contribution in [0.5, 0.6) is 0 Å². The Morgan fingerprint density at radius 3 is 2.18 bits per heavy atom. The van der Waals surface area contributed by atoms with Gasteiger partial charge in [-0.1, -0.05) is 25.5 Å². The zero-order chi connectivity index (χ0) is 12.3. The predicted octanol–water partition coefficient (Wildman–Crippen LogP) is 3.88. The number of allylic oxidation sites excluding steroid dienone is 2. The first-order valence-corrected chi connectivity index (χ1v) is 9.32. The van der Waals surface area contributed by atoms with E-state index in [4.69, 9.17) is 8.85 Å². The van der Waals surface area contributed by atoms with Gasteiger partial charge in [0.05, 0.1) is 0 Å². The average molecular weight is 254 g/mol. The Morgan fingerprint density at radius 1 is 1.06 bits per heavy atom. The highest BCUT2D eigenvalue weighted by Gasteiger charge is 2.53. The molecule has 0 aliphatic heterocycles. The highest BCUT2D eigenvalue weighted by molar-refractivity contribution is 6.69. The maximum Gasteiger partial charge on any atom is 0.341 e. The fourth-order valence-electron chi connectivity index (χ4n) is 3.71. The van der Waals surface area contributed by atoms with Crippen LogP contribution < -0.4 is 0 Å². The van der Waals surface area contributed by atoms with Gasteiger partial charge in [-0.15, -0.1) is 0 Å². The average Bonchev–Trinajstić information content (AvgIpc) is 2.91. The molecule has 2 aliphatic rings. The van der Waals surface area contributed by atoms with Crippen LogP contribution in [0, 0.1) is 11.8 Å². The highest BCUT2D eigenvalue weighted by atomic mass is 28.4. The van der Waals surface area contributed by atoms with Gasteiger partial charge in [0.1, 0.15) is 0 Å². The molecule has 0 heterocycles. The van der Waals surface area contributed by atoms with Gasteiger partial charge in [-0.2, -0.15) is 0 Å². The minimum Gasteiger partial charge on any atom is -0.394 e. The molecule has 17 heavy (non-hydrogen) atoms. The van der Waals surface area contributed by atoms with E-state index in [0.717, 1.165) is 31.1 Å². The van der Waals surface area contributed by atoms with Gasteiger partial charge >= 0.3 is 8.56 Å². The molecule has 0 aromatic heterocycles. The van der Waals surface area contributed by atoms with Crippen molar-refractivity contribution in [2.45, 2.75) is 51.6 Å². The summed E-state index contributed by atoms with van der Waals surface area (Å²) in [5, 5.41) is 0. The summed E-state index contributed by atoms with van der Waals surface area (Å²) in [4.78, 5) is 0. The molecule has 0 aromatic rings. The summed E-state index contributed by atoms with van der Waals surface area (Å²) in [6.07, 6.45) is 8.68. The van der Waals surface area contributed by atoms with E-state index < -0.39 is 8.56 Å². The third kappa shape index (κ3) is 2.51. The lowest BCUT2D eigenvalue weighted by Crippen LogP contribution is -2.48. The van der Waals surface area contributed by atoms with Gasteiger partial charge in [-0.05, 0) is 44.6 Å². The predicted molar refractivity (Wildman–Crippen MR) is 73.2 cm³/mol. The summed E-state index contributed by atoms with van der Waals surface area (Å²) >= 11 is 0. The molecule has 2 aliphatic carbocycles. The monoisotopic (exact) mass is 254 g/mol. The minimum atomic E-state index is -1.97. The van der Waals surface area contributed by atoms with Gasteiger partial charge in [0.15, 0.2) is 0 Å². The standard InChI is InChI=1S/C14H26O2Si/c1-4-9-17(15-5-2,16-6-3)14-11-12-7-8-13(14)10-12/h7-8,12-14H,4-6,9-11H2,1-3H3. The highest BCUT2D eigenvalue weighted by Crippen LogP contribution is 2.53. The molecule has 1 saturated carbocycles. The lowest BCUT2D eigenvalue weighted by Gasteiger charge is -2.38. The Balaban J connectivity index is 2.15. The molecule has 1 fully saturated rings. The van der Waals surface area contributed by atoms with E-state index >= 15 is 0 Å². The van der Waals surface area contributed by atoms with E-state index in [0.29, 0.717) is 5.54 Å². The Hall–Kier alpha value is -0.123. The number of hydrogen-bond donors (Lipinski definition) is 0. The van der Waals surface area contributed by atoms with Crippen molar-refractivity contribution in [3.05, 3.63) is 12.2 Å². The van der Waals surface area contributed by atoms with Crippen LogP contribution >= 0.6 is 0 Å². The van der Waals surface area contributed by atoms with Crippen LogP contribution in [0.2, 0.25) is 11.6 Å². The Labute approximate surface area is 107 Å². The van der Waals surface area contributed by atoms with Crippen molar-refractivity contribution in [1.29, 1.82) is 0 Å². The molecule has 0 radical (unpaired) electrons. The second-order valence-corrected chi connectivity index (χ2v) is 8.76. The fourth-order valence-corrected chi connectivity index (χ4v) is 8.12. The Morgan fingerprint density at radius 2 is 1.76 bits per heavy atom. The first-order chi connectivity index (χ1) is 8.25. The van der Waals surface area contributed by atoms with Crippen molar-refractivity contribution in [2.75, 3.05) is 13.2 Å². The maximum absolute atomic E-state index is 6.23. The molecular weight excluding hydrogens is 228 g/mol. The molecule has 2 nitrogen and oxygen atoms in total. The van der Waals surface area contributed by atoms with Gasteiger partial charge in [0.2, 0.25) is 0 Å². The van der Waals surface area contributed by atoms with E-state index in [1.54, 1.807) is 0 Å². The summed E-state index contributed by atoms with van der Waals surface area (Å²) in [5.74, 6) is 1.56.